The van der Waals surface area contributed by atoms with E-state index in [1.165, 1.54) is 0 Å². The van der Waals surface area contributed by atoms with Crippen molar-refractivity contribution in [3.63, 3.8) is 0 Å². The molecule has 2 N–H and O–H groups in total. The lowest BCUT2D eigenvalue weighted by Crippen LogP contribution is -2.30. The van der Waals surface area contributed by atoms with Gasteiger partial charge in [0.25, 0.3) is 0 Å². The van der Waals surface area contributed by atoms with Gasteiger partial charge in [0.15, 0.2) is 0 Å². The molecule has 1 atom stereocenters. The number of ether oxygens (including phenoxy) is 1. The molecule has 10 heavy (non-hydrogen) atoms. The quantitative estimate of drug-likeness (QED) is 0.555. The van der Waals surface area contributed by atoms with E-state index in [-0.39, 0.29) is 6.10 Å². The van der Waals surface area contributed by atoms with E-state index in [4.69, 9.17) is 9.84 Å². The monoisotopic (exact) mass is 147 g/mol. The second kappa shape index (κ2) is 6.99. The van der Waals surface area contributed by atoms with Crippen LogP contribution in [-0.4, -0.2) is 37.5 Å². The summed E-state index contributed by atoms with van der Waals surface area (Å²) in [5.41, 5.74) is 0. The fraction of sp³-hybridized carbons (Fsp3) is 1.00. The molecule has 0 heterocycles. The van der Waals surface area contributed by atoms with Crippen LogP contribution in [0, 0.1) is 0 Å². The summed E-state index contributed by atoms with van der Waals surface area (Å²) in [6.07, 6.45) is -0.361. The van der Waals surface area contributed by atoms with Crippen LogP contribution in [0.2, 0.25) is 0 Å². The summed E-state index contributed by atoms with van der Waals surface area (Å²) in [6, 6.07) is 0. The maximum atomic E-state index is 9.12. The highest BCUT2D eigenvalue weighted by Gasteiger charge is 2.00. The fourth-order valence-electron chi connectivity index (χ4n) is 0.624. The number of likely N-dealkylation sites (N-methyl/N-ethyl adjacent to an activating group) is 1. The Balaban J connectivity index is 3.00. The number of rotatable bonds is 6. The van der Waals surface area contributed by atoms with Crippen molar-refractivity contribution in [2.45, 2.75) is 20.0 Å². The Labute approximate surface area is 62.4 Å². The number of hydrogen-bond donors (Lipinski definition) is 2. The van der Waals surface area contributed by atoms with Gasteiger partial charge in [-0.05, 0) is 13.5 Å². The van der Waals surface area contributed by atoms with Crippen LogP contribution in [0.3, 0.4) is 0 Å². The largest absolute Gasteiger partial charge is 0.389 e. The Morgan fingerprint density at radius 1 is 1.50 bits per heavy atom. The predicted molar refractivity (Wildman–Crippen MR) is 41.0 cm³/mol. The van der Waals surface area contributed by atoms with Crippen LogP contribution in [0.5, 0.6) is 0 Å². The smallest absolute Gasteiger partial charge is 0.0897 e. The highest BCUT2D eigenvalue weighted by Crippen LogP contribution is 1.82. The van der Waals surface area contributed by atoms with Gasteiger partial charge in [-0.15, -0.1) is 0 Å². The minimum Gasteiger partial charge on any atom is -0.389 e. The molecule has 0 bridgehead atoms. The summed E-state index contributed by atoms with van der Waals surface area (Å²) in [5.74, 6) is 0. The first-order chi connectivity index (χ1) is 4.81. The van der Waals surface area contributed by atoms with Crippen LogP contribution in [-0.2, 0) is 4.74 Å². The minimum absolute atomic E-state index is 0.361. The minimum atomic E-state index is -0.361. The number of hydrogen-bond acceptors (Lipinski definition) is 3. The van der Waals surface area contributed by atoms with E-state index in [2.05, 4.69) is 5.32 Å². The molecular formula is C7H17NO2. The third-order valence-electron chi connectivity index (χ3n) is 1.14. The van der Waals surface area contributed by atoms with Gasteiger partial charge < -0.3 is 15.2 Å². The molecule has 0 aliphatic heterocycles. The number of nitrogens with one attached hydrogen (secondary N) is 1. The van der Waals surface area contributed by atoms with Gasteiger partial charge in [-0.3, -0.25) is 0 Å². The Kier molecular flexibility index (Phi) is 6.91. The summed E-state index contributed by atoms with van der Waals surface area (Å²) >= 11 is 0. The van der Waals surface area contributed by atoms with Gasteiger partial charge >= 0.3 is 0 Å². The summed E-state index contributed by atoms with van der Waals surface area (Å²) in [6.45, 7) is 6.54. The van der Waals surface area contributed by atoms with Crippen molar-refractivity contribution in [1.82, 2.24) is 5.32 Å². The Bertz CT molecular complexity index is 60.6. The second-order valence-electron chi connectivity index (χ2n) is 2.12. The zero-order valence-corrected chi connectivity index (χ0v) is 6.76. The van der Waals surface area contributed by atoms with Gasteiger partial charge in [-0.2, -0.15) is 0 Å². The van der Waals surface area contributed by atoms with Crippen molar-refractivity contribution in [1.29, 1.82) is 0 Å². The Morgan fingerprint density at radius 3 is 2.70 bits per heavy atom. The summed E-state index contributed by atoms with van der Waals surface area (Å²) in [5, 5.41) is 12.2. The Morgan fingerprint density at radius 2 is 2.20 bits per heavy atom. The van der Waals surface area contributed by atoms with E-state index >= 15 is 0 Å². The van der Waals surface area contributed by atoms with Crippen LogP contribution < -0.4 is 5.32 Å². The van der Waals surface area contributed by atoms with E-state index in [9.17, 15) is 0 Å². The van der Waals surface area contributed by atoms with E-state index in [1.807, 2.05) is 13.8 Å². The van der Waals surface area contributed by atoms with Crippen molar-refractivity contribution in [2.24, 2.45) is 0 Å². The lowest BCUT2D eigenvalue weighted by molar-refractivity contribution is 0.0432. The predicted octanol–water partition coefficient (Wildman–Crippen LogP) is -0.00670. The van der Waals surface area contributed by atoms with Gasteiger partial charge in [0.2, 0.25) is 0 Å². The zero-order valence-electron chi connectivity index (χ0n) is 6.76. The third kappa shape index (κ3) is 6.01. The molecule has 0 saturated carbocycles. The first kappa shape index (κ1) is 9.88. The number of aliphatic hydroxyl groups excluding tert-OH is 1. The molecule has 62 valence electrons. The molecule has 0 saturated heterocycles. The molecule has 0 aliphatic carbocycles. The molecule has 0 aliphatic rings. The average Bonchev–Trinajstić information content (AvgIpc) is 1.97. The highest BCUT2D eigenvalue weighted by molar-refractivity contribution is 4.55. The standard InChI is InChI=1S/C7H17NO2/c1-3-8-5-7(9)6-10-4-2/h7-9H,3-6H2,1-2H3. The van der Waals surface area contributed by atoms with Crippen molar-refractivity contribution in [2.75, 3.05) is 26.3 Å². The first-order valence-corrected chi connectivity index (χ1v) is 3.77. The molecule has 1 unspecified atom stereocenters. The Hall–Kier alpha value is -0.120. The van der Waals surface area contributed by atoms with Crippen LogP contribution in [0.1, 0.15) is 13.8 Å². The maximum Gasteiger partial charge on any atom is 0.0897 e. The second-order valence-corrected chi connectivity index (χ2v) is 2.12. The first-order valence-electron chi connectivity index (χ1n) is 3.77. The molecule has 0 fully saturated rings. The molecule has 0 aromatic rings. The average molecular weight is 147 g/mol. The van der Waals surface area contributed by atoms with Crippen molar-refractivity contribution < 1.29 is 9.84 Å². The van der Waals surface area contributed by atoms with Crippen molar-refractivity contribution in [3.05, 3.63) is 0 Å². The molecule has 3 nitrogen and oxygen atoms in total. The van der Waals surface area contributed by atoms with Crippen LogP contribution >= 0.6 is 0 Å². The molecule has 0 radical (unpaired) electrons. The van der Waals surface area contributed by atoms with Gasteiger partial charge in [-0.1, -0.05) is 6.92 Å². The van der Waals surface area contributed by atoms with Crippen molar-refractivity contribution >= 4 is 0 Å². The van der Waals surface area contributed by atoms with Gasteiger partial charge in [0.1, 0.15) is 0 Å². The highest BCUT2D eigenvalue weighted by atomic mass is 16.5. The lowest BCUT2D eigenvalue weighted by Gasteiger charge is -2.09. The SMILES string of the molecule is CCNCC(O)COCC. The number of aliphatic hydroxyl groups is 1. The summed E-state index contributed by atoms with van der Waals surface area (Å²) in [7, 11) is 0. The van der Waals surface area contributed by atoms with Gasteiger partial charge in [0.05, 0.1) is 12.7 Å². The molecule has 0 aromatic carbocycles. The van der Waals surface area contributed by atoms with E-state index in [0.717, 1.165) is 6.54 Å². The van der Waals surface area contributed by atoms with Gasteiger partial charge in [-0.25, -0.2) is 0 Å². The van der Waals surface area contributed by atoms with E-state index in [0.29, 0.717) is 19.8 Å². The zero-order chi connectivity index (χ0) is 7.82. The molecule has 0 aromatic heterocycles. The third-order valence-corrected chi connectivity index (χ3v) is 1.14. The fourth-order valence-corrected chi connectivity index (χ4v) is 0.624. The van der Waals surface area contributed by atoms with Gasteiger partial charge in [0, 0.05) is 13.2 Å². The van der Waals surface area contributed by atoms with Crippen LogP contribution in [0.25, 0.3) is 0 Å². The molecular weight excluding hydrogens is 130 g/mol. The van der Waals surface area contributed by atoms with E-state index in [1.54, 1.807) is 0 Å². The topological polar surface area (TPSA) is 41.5 Å². The van der Waals surface area contributed by atoms with Crippen LogP contribution in [0.15, 0.2) is 0 Å². The summed E-state index contributed by atoms with van der Waals surface area (Å²) < 4.78 is 5.00. The normalized spacial score (nSPS) is 13.5. The maximum absolute atomic E-state index is 9.12. The summed E-state index contributed by atoms with van der Waals surface area (Å²) in [4.78, 5) is 0. The van der Waals surface area contributed by atoms with E-state index < -0.39 is 0 Å². The molecule has 0 rings (SSSR count). The molecule has 0 spiro atoms. The molecule has 3 heteroatoms. The van der Waals surface area contributed by atoms with Crippen molar-refractivity contribution in [3.8, 4) is 0 Å². The molecule has 0 amide bonds. The lowest BCUT2D eigenvalue weighted by atomic mass is 10.4. The van der Waals surface area contributed by atoms with Crippen LogP contribution in [0.4, 0.5) is 0 Å².